The van der Waals surface area contributed by atoms with Gasteiger partial charge < -0.3 is 0 Å². The number of nitrogens with one attached hydrogen (secondary N) is 1. The van der Waals surface area contributed by atoms with Gasteiger partial charge in [-0.1, -0.05) is 28.1 Å². The van der Waals surface area contributed by atoms with Crippen molar-refractivity contribution in [3.05, 3.63) is 67.1 Å². The SMILES string of the molecule is O=C(Cn1[nH]c(=O)ccc1=O)c1cccc(Br)c1. The van der Waals surface area contributed by atoms with Crippen molar-refractivity contribution < 1.29 is 4.79 Å². The molecule has 6 heteroatoms. The molecular formula is C12H9BrN2O3. The average Bonchev–Trinajstić information content (AvgIpc) is 2.34. The molecule has 2 aromatic rings. The van der Waals surface area contributed by atoms with Gasteiger partial charge in [0.1, 0.15) is 6.54 Å². The van der Waals surface area contributed by atoms with Gasteiger partial charge in [0.15, 0.2) is 5.78 Å². The van der Waals surface area contributed by atoms with E-state index in [4.69, 9.17) is 0 Å². The highest BCUT2D eigenvalue weighted by Gasteiger charge is 2.08. The molecule has 1 N–H and O–H groups in total. The maximum atomic E-state index is 11.9. The summed E-state index contributed by atoms with van der Waals surface area (Å²) in [5, 5.41) is 2.31. The number of hydrogen-bond acceptors (Lipinski definition) is 3. The van der Waals surface area contributed by atoms with Crippen LogP contribution in [0.4, 0.5) is 0 Å². The molecule has 1 heterocycles. The summed E-state index contributed by atoms with van der Waals surface area (Å²) < 4.78 is 1.77. The van der Waals surface area contributed by atoms with Gasteiger partial charge in [0, 0.05) is 22.2 Å². The average molecular weight is 309 g/mol. The Morgan fingerprint density at radius 2 is 2.00 bits per heavy atom. The number of halogens is 1. The van der Waals surface area contributed by atoms with E-state index in [0.717, 1.165) is 21.3 Å². The number of hydrogen-bond donors (Lipinski definition) is 1. The monoisotopic (exact) mass is 308 g/mol. The standard InChI is InChI=1S/C12H9BrN2O3/c13-9-3-1-2-8(6-9)10(16)7-15-12(18)5-4-11(17)14-15/h1-6H,7H2,(H,14,17). The highest BCUT2D eigenvalue weighted by molar-refractivity contribution is 9.10. The molecule has 0 amide bonds. The van der Waals surface area contributed by atoms with Crippen molar-refractivity contribution in [1.29, 1.82) is 0 Å². The number of nitrogens with zero attached hydrogens (tertiary/aromatic N) is 1. The summed E-state index contributed by atoms with van der Waals surface area (Å²) in [6.45, 7) is -0.189. The number of benzene rings is 1. The van der Waals surface area contributed by atoms with E-state index in [1.807, 2.05) is 0 Å². The molecular weight excluding hydrogens is 300 g/mol. The number of H-pyrrole nitrogens is 1. The predicted molar refractivity (Wildman–Crippen MR) is 69.8 cm³/mol. The maximum absolute atomic E-state index is 11.9. The fraction of sp³-hybridized carbons (Fsp3) is 0.0833. The first-order valence-electron chi connectivity index (χ1n) is 5.15. The number of aromatic amines is 1. The van der Waals surface area contributed by atoms with E-state index < -0.39 is 11.1 Å². The Hall–Kier alpha value is -1.95. The van der Waals surface area contributed by atoms with Crippen LogP contribution in [0.3, 0.4) is 0 Å². The Labute approximate surface area is 110 Å². The second-order valence-corrected chi connectivity index (χ2v) is 4.58. The van der Waals surface area contributed by atoms with Crippen molar-refractivity contribution in [1.82, 2.24) is 9.78 Å². The molecule has 0 saturated heterocycles. The van der Waals surface area contributed by atoms with Crippen LogP contribution < -0.4 is 11.1 Å². The second-order valence-electron chi connectivity index (χ2n) is 3.67. The minimum Gasteiger partial charge on any atom is -0.292 e. The lowest BCUT2D eigenvalue weighted by molar-refractivity contribution is 0.0965. The molecule has 0 atom stereocenters. The molecule has 0 spiro atoms. The van der Waals surface area contributed by atoms with Crippen LogP contribution in [-0.4, -0.2) is 15.6 Å². The smallest absolute Gasteiger partial charge is 0.265 e. The predicted octanol–water partition coefficient (Wildman–Crippen LogP) is 1.18. The number of rotatable bonds is 3. The number of carbonyl (C=O) groups excluding carboxylic acids is 1. The molecule has 1 aromatic carbocycles. The lowest BCUT2D eigenvalue weighted by Crippen LogP contribution is -2.30. The number of carbonyl (C=O) groups is 1. The van der Waals surface area contributed by atoms with Crippen LogP contribution in [0.2, 0.25) is 0 Å². The summed E-state index contributed by atoms with van der Waals surface area (Å²) in [7, 11) is 0. The van der Waals surface area contributed by atoms with E-state index in [9.17, 15) is 14.4 Å². The largest absolute Gasteiger partial charge is 0.292 e. The lowest BCUT2D eigenvalue weighted by atomic mass is 10.1. The minimum absolute atomic E-state index is 0.189. The van der Waals surface area contributed by atoms with Crippen LogP contribution in [0, 0.1) is 0 Å². The molecule has 0 aliphatic carbocycles. The van der Waals surface area contributed by atoms with Crippen LogP contribution in [0.15, 0.2) is 50.5 Å². The third-order valence-corrected chi connectivity index (χ3v) is 2.83. The Morgan fingerprint density at radius 3 is 2.72 bits per heavy atom. The summed E-state index contributed by atoms with van der Waals surface area (Å²) in [5.74, 6) is -0.250. The summed E-state index contributed by atoms with van der Waals surface area (Å²) in [5.41, 5.74) is -0.365. The first kappa shape index (κ1) is 12.5. The molecule has 0 radical (unpaired) electrons. The van der Waals surface area contributed by atoms with E-state index in [0.29, 0.717) is 5.56 Å². The molecule has 0 bridgehead atoms. The zero-order chi connectivity index (χ0) is 13.1. The topological polar surface area (TPSA) is 71.9 Å². The minimum atomic E-state index is -0.420. The quantitative estimate of drug-likeness (QED) is 0.866. The van der Waals surface area contributed by atoms with Gasteiger partial charge in [-0.2, -0.15) is 0 Å². The van der Waals surface area contributed by atoms with Gasteiger partial charge in [-0.3, -0.25) is 19.5 Å². The summed E-state index contributed by atoms with van der Waals surface area (Å²) >= 11 is 3.26. The fourth-order valence-corrected chi connectivity index (χ4v) is 1.88. The molecule has 0 fully saturated rings. The van der Waals surface area contributed by atoms with Gasteiger partial charge in [0.05, 0.1) is 0 Å². The normalized spacial score (nSPS) is 10.3. The highest BCUT2D eigenvalue weighted by Crippen LogP contribution is 2.12. The molecule has 5 nitrogen and oxygen atoms in total. The number of aromatic nitrogens is 2. The molecule has 0 aliphatic heterocycles. The van der Waals surface area contributed by atoms with E-state index in [-0.39, 0.29) is 12.3 Å². The van der Waals surface area contributed by atoms with Crippen molar-refractivity contribution >= 4 is 21.7 Å². The molecule has 0 unspecified atom stereocenters. The van der Waals surface area contributed by atoms with Gasteiger partial charge in [-0.05, 0) is 12.1 Å². The van der Waals surface area contributed by atoms with E-state index in [1.54, 1.807) is 24.3 Å². The molecule has 18 heavy (non-hydrogen) atoms. The number of ketones is 1. The van der Waals surface area contributed by atoms with E-state index in [2.05, 4.69) is 21.0 Å². The Morgan fingerprint density at radius 1 is 1.22 bits per heavy atom. The zero-order valence-corrected chi connectivity index (χ0v) is 10.8. The summed E-state index contributed by atoms with van der Waals surface area (Å²) in [6, 6.07) is 9.10. The Kier molecular flexibility index (Phi) is 3.57. The first-order valence-corrected chi connectivity index (χ1v) is 5.94. The lowest BCUT2D eigenvalue weighted by Gasteiger charge is -2.04. The van der Waals surface area contributed by atoms with Crippen molar-refractivity contribution in [3.63, 3.8) is 0 Å². The fourth-order valence-electron chi connectivity index (χ4n) is 1.48. The van der Waals surface area contributed by atoms with Crippen LogP contribution in [-0.2, 0) is 6.54 Å². The van der Waals surface area contributed by atoms with Crippen molar-refractivity contribution in [3.8, 4) is 0 Å². The highest BCUT2D eigenvalue weighted by atomic mass is 79.9. The van der Waals surface area contributed by atoms with Gasteiger partial charge in [0.2, 0.25) is 0 Å². The van der Waals surface area contributed by atoms with Crippen LogP contribution in [0.25, 0.3) is 0 Å². The third-order valence-electron chi connectivity index (χ3n) is 2.34. The number of Topliss-reactive ketones (excluding diaryl/α,β-unsaturated/α-hetero) is 1. The molecule has 0 saturated carbocycles. The maximum Gasteiger partial charge on any atom is 0.265 e. The van der Waals surface area contributed by atoms with Gasteiger partial charge in [-0.15, -0.1) is 0 Å². The summed E-state index contributed by atoms with van der Waals surface area (Å²) in [4.78, 5) is 34.4. The Balaban J connectivity index is 2.29. The first-order chi connectivity index (χ1) is 8.56. The van der Waals surface area contributed by atoms with E-state index >= 15 is 0 Å². The third kappa shape index (κ3) is 2.84. The van der Waals surface area contributed by atoms with Crippen molar-refractivity contribution in [2.75, 3.05) is 0 Å². The molecule has 1 aromatic heterocycles. The van der Waals surface area contributed by atoms with Crippen LogP contribution >= 0.6 is 15.9 Å². The van der Waals surface area contributed by atoms with Crippen LogP contribution in [0.1, 0.15) is 10.4 Å². The molecule has 2 rings (SSSR count). The van der Waals surface area contributed by atoms with Crippen molar-refractivity contribution in [2.24, 2.45) is 0 Å². The van der Waals surface area contributed by atoms with Crippen molar-refractivity contribution in [2.45, 2.75) is 6.54 Å². The summed E-state index contributed by atoms with van der Waals surface area (Å²) in [6.07, 6.45) is 0. The zero-order valence-electron chi connectivity index (χ0n) is 9.22. The van der Waals surface area contributed by atoms with Crippen LogP contribution in [0.5, 0.6) is 0 Å². The second kappa shape index (κ2) is 5.14. The van der Waals surface area contributed by atoms with E-state index in [1.165, 1.54) is 0 Å². The molecule has 92 valence electrons. The van der Waals surface area contributed by atoms with Gasteiger partial charge in [-0.25, -0.2) is 4.68 Å². The Bertz CT molecular complexity index is 703. The van der Waals surface area contributed by atoms with Gasteiger partial charge in [0.25, 0.3) is 11.1 Å². The van der Waals surface area contributed by atoms with Gasteiger partial charge >= 0.3 is 0 Å². The molecule has 0 aliphatic rings.